The first-order valence-corrected chi connectivity index (χ1v) is 9.86. The number of hydrogen-bond donors (Lipinski definition) is 0. The van der Waals surface area contributed by atoms with Crippen molar-refractivity contribution in [2.24, 2.45) is 0 Å². The van der Waals surface area contributed by atoms with Crippen molar-refractivity contribution in [3.05, 3.63) is 0 Å². The molecule has 0 aliphatic rings. The van der Waals surface area contributed by atoms with Crippen molar-refractivity contribution < 1.29 is 13.6 Å². The highest BCUT2D eigenvalue weighted by Gasteiger charge is 2.16. The van der Waals surface area contributed by atoms with Crippen molar-refractivity contribution in [2.45, 2.75) is 20.0 Å². The lowest BCUT2D eigenvalue weighted by Crippen LogP contribution is -2.36. The van der Waals surface area contributed by atoms with Crippen LogP contribution in [0.1, 0.15) is 6.92 Å². The van der Waals surface area contributed by atoms with Gasteiger partial charge < -0.3 is 13.6 Å². The van der Waals surface area contributed by atoms with Gasteiger partial charge in [-0.25, -0.2) is 0 Å². The number of rotatable bonds is 6. The first kappa shape index (κ1) is 11.3. The van der Waals surface area contributed by atoms with Crippen LogP contribution in [0.4, 0.5) is 0 Å². The highest BCUT2D eigenvalue weighted by molar-refractivity contribution is 7.15. The van der Waals surface area contributed by atoms with Crippen LogP contribution in [0.5, 0.6) is 0 Å². The van der Waals surface area contributed by atoms with Gasteiger partial charge in [-0.15, -0.1) is 0 Å². The van der Waals surface area contributed by atoms with Crippen LogP contribution in [0.3, 0.4) is 0 Å². The summed E-state index contributed by atoms with van der Waals surface area (Å²) >= 11 is 0. The van der Waals surface area contributed by atoms with Crippen molar-refractivity contribution in [2.75, 3.05) is 20.5 Å². The van der Waals surface area contributed by atoms with E-state index < -0.39 is 17.1 Å². The van der Waals surface area contributed by atoms with E-state index in [0.717, 1.165) is 6.61 Å². The van der Waals surface area contributed by atoms with E-state index in [4.69, 9.17) is 13.6 Å². The molecule has 0 bridgehead atoms. The van der Waals surface area contributed by atoms with Crippen LogP contribution >= 0.6 is 0 Å². The molecule has 0 spiro atoms. The molecule has 3 nitrogen and oxygen atoms in total. The third kappa shape index (κ3) is 5.57. The summed E-state index contributed by atoms with van der Waals surface area (Å²) in [5.74, 6) is 0. The van der Waals surface area contributed by atoms with Crippen LogP contribution < -0.4 is 0 Å². The third-order valence-electron chi connectivity index (χ3n) is 1.54. The van der Waals surface area contributed by atoms with E-state index >= 15 is 0 Å². The normalized spacial score (nSPS) is 16.4. The lowest BCUT2D eigenvalue weighted by Gasteiger charge is -2.16. The van der Waals surface area contributed by atoms with Gasteiger partial charge in [0.2, 0.25) is 0 Å². The Labute approximate surface area is 71.9 Å². The van der Waals surface area contributed by atoms with E-state index in [9.17, 15) is 0 Å². The molecule has 68 valence electrons. The molecule has 0 N–H and O–H groups in total. The van der Waals surface area contributed by atoms with Crippen molar-refractivity contribution in [3.8, 4) is 0 Å². The average molecular weight is 194 g/mol. The van der Waals surface area contributed by atoms with Crippen molar-refractivity contribution in [1.29, 1.82) is 0 Å². The summed E-state index contributed by atoms with van der Waals surface area (Å²) in [4.78, 5) is 0. The summed E-state index contributed by atoms with van der Waals surface area (Å²) in [5, 5.41) is 0. The Kier molecular flexibility index (Phi) is 7.19. The Bertz CT molecular complexity index is 91.9. The van der Waals surface area contributed by atoms with Crippen molar-refractivity contribution in [3.63, 3.8) is 0 Å². The van der Waals surface area contributed by atoms with Gasteiger partial charge in [-0.3, -0.25) is 0 Å². The van der Waals surface area contributed by atoms with Crippen LogP contribution in [0.15, 0.2) is 0 Å². The minimum atomic E-state index is -1.04. The second kappa shape index (κ2) is 6.99. The maximum Gasteiger partial charge on any atom is 0.193 e. The molecule has 5 heteroatoms. The number of ether oxygens (including phenoxy) is 1. The summed E-state index contributed by atoms with van der Waals surface area (Å²) in [5.41, 5.74) is 0. The van der Waals surface area contributed by atoms with E-state index in [2.05, 4.69) is 13.1 Å². The zero-order valence-electron chi connectivity index (χ0n) is 7.79. The van der Waals surface area contributed by atoms with Gasteiger partial charge in [0.05, 0.1) is 0 Å². The van der Waals surface area contributed by atoms with Gasteiger partial charge in [0.25, 0.3) is 0 Å². The van der Waals surface area contributed by atoms with Gasteiger partial charge in [0.15, 0.2) is 17.1 Å². The van der Waals surface area contributed by atoms with Gasteiger partial charge >= 0.3 is 0 Å². The number of hydrogen-bond acceptors (Lipinski definition) is 3. The SMILES string of the molecule is CCO[Si@H](C)[Si@H](C)OCOC. The maximum atomic E-state index is 5.52. The summed E-state index contributed by atoms with van der Waals surface area (Å²) in [6.45, 7) is 7.64. The predicted molar refractivity (Wildman–Crippen MR) is 50.6 cm³/mol. The van der Waals surface area contributed by atoms with Gasteiger partial charge in [-0.05, 0) is 20.0 Å². The highest BCUT2D eigenvalue weighted by Crippen LogP contribution is 1.94. The second-order valence-corrected chi connectivity index (χ2v) is 11.6. The molecule has 0 aromatic carbocycles. The monoisotopic (exact) mass is 194 g/mol. The fourth-order valence-corrected chi connectivity index (χ4v) is 4.57. The van der Waals surface area contributed by atoms with Crippen LogP contribution in [-0.4, -0.2) is 37.6 Å². The summed E-state index contributed by atoms with van der Waals surface area (Å²) in [6, 6.07) is 0. The quantitative estimate of drug-likeness (QED) is 0.453. The van der Waals surface area contributed by atoms with E-state index in [0.29, 0.717) is 6.79 Å². The molecule has 0 unspecified atom stereocenters. The van der Waals surface area contributed by atoms with Crippen LogP contribution in [0.25, 0.3) is 0 Å². The molecule has 0 rings (SSSR count). The lowest BCUT2D eigenvalue weighted by atomic mass is 10.9. The summed E-state index contributed by atoms with van der Waals surface area (Å²) < 4.78 is 15.8. The molecule has 0 amide bonds. The summed E-state index contributed by atoms with van der Waals surface area (Å²) in [6.07, 6.45) is 0. The van der Waals surface area contributed by atoms with Crippen LogP contribution in [0, 0.1) is 0 Å². The largest absolute Gasteiger partial charge is 0.421 e. The molecule has 11 heavy (non-hydrogen) atoms. The Hall–Kier alpha value is 0.314. The van der Waals surface area contributed by atoms with E-state index in [1.54, 1.807) is 7.11 Å². The lowest BCUT2D eigenvalue weighted by molar-refractivity contribution is 0.0516. The molecule has 2 atom stereocenters. The maximum absolute atomic E-state index is 5.52. The third-order valence-corrected chi connectivity index (χ3v) is 9.50. The van der Waals surface area contributed by atoms with Gasteiger partial charge in [-0.2, -0.15) is 0 Å². The standard InChI is InChI=1S/C6H18O3Si2/c1-5-8-10(3)11(4)9-6-7-2/h10-11H,5-6H2,1-4H3/t10-,11+/m0/s1. The fourth-order valence-electron chi connectivity index (χ4n) is 0.709. The molecule has 0 aromatic rings. The van der Waals surface area contributed by atoms with E-state index in [1.165, 1.54) is 0 Å². The molecule has 0 aliphatic heterocycles. The van der Waals surface area contributed by atoms with Gasteiger partial charge in [0, 0.05) is 13.7 Å². The van der Waals surface area contributed by atoms with Gasteiger partial charge in [0.1, 0.15) is 6.79 Å². The first-order valence-electron chi connectivity index (χ1n) is 3.94. The molecule has 0 fully saturated rings. The minimum absolute atomic E-state index is 0.428. The zero-order chi connectivity index (χ0) is 8.69. The topological polar surface area (TPSA) is 27.7 Å². The van der Waals surface area contributed by atoms with Crippen LogP contribution in [-0.2, 0) is 13.6 Å². The molecule has 0 radical (unpaired) electrons. The first-order chi connectivity index (χ1) is 5.22. The highest BCUT2D eigenvalue weighted by atomic mass is 29.2. The Morgan fingerprint density at radius 1 is 1.09 bits per heavy atom. The molecular formula is C6H18O3Si2. The Morgan fingerprint density at radius 3 is 2.09 bits per heavy atom. The van der Waals surface area contributed by atoms with E-state index in [1.807, 2.05) is 6.92 Å². The van der Waals surface area contributed by atoms with Crippen LogP contribution in [0.2, 0.25) is 13.1 Å². The zero-order valence-corrected chi connectivity index (χ0v) is 10.1. The van der Waals surface area contributed by atoms with E-state index in [-0.39, 0.29) is 0 Å². The molecule has 0 aromatic heterocycles. The summed E-state index contributed by atoms with van der Waals surface area (Å²) in [7, 11) is -0.384. The molecule has 0 aliphatic carbocycles. The predicted octanol–water partition coefficient (Wildman–Crippen LogP) is 0.429. The molecular weight excluding hydrogens is 176 g/mol. The molecule has 0 saturated heterocycles. The molecule has 0 saturated carbocycles. The fraction of sp³-hybridized carbons (Fsp3) is 1.00. The van der Waals surface area contributed by atoms with Crippen molar-refractivity contribution in [1.82, 2.24) is 0 Å². The number of methoxy groups -OCH3 is 1. The smallest absolute Gasteiger partial charge is 0.193 e. The average Bonchev–Trinajstić information content (AvgIpc) is 2.00. The van der Waals surface area contributed by atoms with Gasteiger partial charge in [-0.1, -0.05) is 0 Å². The Morgan fingerprint density at radius 2 is 1.64 bits per heavy atom. The van der Waals surface area contributed by atoms with Crippen molar-refractivity contribution >= 4 is 17.1 Å². The molecule has 0 heterocycles. The minimum Gasteiger partial charge on any atom is -0.421 e. The second-order valence-electron chi connectivity index (χ2n) is 2.44. The Balaban J connectivity index is 3.38.